The number of carbonyl (C=O) groups excluding carboxylic acids is 2. The van der Waals surface area contributed by atoms with Gasteiger partial charge in [0.25, 0.3) is 0 Å². The molecule has 184 valence electrons. The van der Waals surface area contributed by atoms with Gasteiger partial charge in [0.15, 0.2) is 0 Å². The van der Waals surface area contributed by atoms with E-state index in [0.717, 1.165) is 0 Å². The average molecular weight is 476 g/mol. The monoisotopic (exact) mass is 475 g/mol. The van der Waals surface area contributed by atoms with Crippen molar-refractivity contribution in [3.05, 3.63) is 35.5 Å². The van der Waals surface area contributed by atoms with Gasteiger partial charge in [0.1, 0.15) is 11.2 Å². The molecule has 0 unspecified atom stereocenters. The van der Waals surface area contributed by atoms with E-state index in [0.29, 0.717) is 22.2 Å². The number of hydrogen-bond acceptors (Lipinski definition) is 5. The van der Waals surface area contributed by atoms with Crippen LogP contribution < -0.4 is 0 Å². The summed E-state index contributed by atoms with van der Waals surface area (Å²) in [5.74, 6) is -3.09. The number of fused-ring (bicyclic) bond motifs is 1. The molecule has 1 fully saturated rings. The molecule has 9 heteroatoms. The van der Waals surface area contributed by atoms with Crippen LogP contribution in [0.3, 0.4) is 0 Å². The highest BCUT2D eigenvalue weighted by Crippen LogP contribution is 2.43. The lowest BCUT2D eigenvalue weighted by Gasteiger charge is -2.38. The standard InChI is InChI=1S/C25H31F2N3O4/c1-23(2,3)33-21(31)29(14-17-11-25(26,27)12-17)15-19-10-18-8-7-16(13-28)9-20(18)30(19)22(32)34-24(4,5)6/h7-10,17H,11-12,14-15H2,1-6H3. The fourth-order valence-electron chi connectivity index (χ4n) is 3.92. The zero-order chi connectivity index (χ0) is 25.5. The normalized spacial score (nSPS) is 16.0. The molecule has 0 saturated heterocycles. The van der Waals surface area contributed by atoms with Crippen molar-refractivity contribution in [2.24, 2.45) is 5.92 Å². The fourth-order valence-corrected chi connectivity index (χ4v) is 3.92. The van der Waals surface area contributed by atoms with Crippen molar-refractivity contribution in [1.29, 1.82) is 5.26 Å². The van der Waals surface area contributed by atoms with Gasteiger partial charge < -0.3 is 14.4 Å². The molecule has 0 spiro atoms. The minimum Gasteiger partial charge on any atom is -0.444 e. The molecule has 0 bridgehead atoms. The molecule has 3 rings (SSSR count). The lowest BCUT2D eigenvalue weighted by molar-refractivity contribution is -0.116. The zero-order valence-electron chi connectivity index (χ0n) is 20.4. The SMILES string of the molecule is CC(C)(C)OC(=O)N(Cc1cc2ccc(C#N)cc2n1C(=O)OC(C)(C)C)CC1CC(F)(F)C1. The van der Waals surface area contributed by atoms with Gasteiger partial charge in [-0.25, -0.2) is 22.9 Å². The number of benzene rings is 1. The molecule has 1 heterocycles. The minimum absolute atomic E-state index is 0.0488. The van der Waals surface area contributed by atoms with Crippen LogP contribution in [0, 0.1) is 17.2 Å². The number of nitriles is 1. The zero-order valence-corrected chi connectivity index (χ0v) is 20.4. The fraction of sp³-hybridized carbons (Fsp3) is 0.560. The Labute approximate surface area is 198 Å². The van der Waals surface area contributed by atoms with Crippen molar-refractivity contribution >= 4 is 23.1 Å². The highest BCUT2D eigenvalue weighted by Gasteiger charge is 2.46. The maximum absolute atomic E-state index is 13.4. The third kappa shape index (κ3) is 6.25. The summed E-state index contributed by atoms with van der Waals surface area (Å²) in [4.78, 5) is 27.5. The van der Waals surface area contributed by atoms with Crippen LogP contribution >= 0.6 is 0 Å². The molecule has 1 aromatic heterocycles. The molecule has 0 radical (unpaired) electrons. The molecule has 34 heavy (non-hydrogen) atoms. The third-order valence-corrected chi connectivity index (χ3v) is 5.24. The van der Waals surface area contributed by atoms with E-state index < -0.39 is 29.3 Å². The van der Waals surface area contributed by atoms with Crippen LogP contribution in [-0.2, 0) is 16.0 Å². The van der Waals surface area contributed by atoms with Crippen molar-refractivity contribution in [3.8, 4) is 6.07 Å². The van der Waals surface area contributed by atoms with Crippen LogP contribution in [0.2, 0.25) is 0 Å². The maximum atomic E-state index is 13.4. The second-order valence-electron chi connectivity index (χ2n) is 10.8. The summed E-state index contributed by atoms with van der Waals surface area (Å²) in [6, 6.07) is 8.70. The third-order valence-electron chi connectivity index (χ3n) is 5.24. The Bertz CT molecular complexity index is 1130. The number of carbonyl (C=O) groups is 2. The van der Waals surface area contributed by atoms with E-state index in [9.17, 15) is 23.6 Å². The van der Waals surface area contributed by atoms with Gasteiger partial charge in [-0.15, -0.1) is 0 Å². The van der Waals surface area contributed by atoms with Crippen LogP contribution in [0.5, 0.6) is 0 Å². The van der Waals surface area contributed by atoms with E-state index in [-0.39, 0.29) is 31.8 Å². The number of aromatic nitrogens is 1. The number of alkyl halides is 2. The van der Waals surface area contributed by atoms with Gasteiger partial charge in [-0.1, -0.05) is 6.07 Å². The Hall–Kier alpha value is -3.15. The molecule has 0 aliphatic heterocycles. The van der Waals surface area contributed by atoms with Gasteiger partial charge in [0, 0.05) is 30.5 Å². The Balaban J connectivity index is 2.00. The number of ether oxygens (including phenoxy) is 2. The van der Waals surface area contributed by atoms with Crippen LogP contribution in [0.4, 0.5) is 18.4 Å². The second kappa shape index (κ2) is 8.90. The molecule has 2 aromatic rings. The van der Waals surface area contributed by atoms with Crippen LogP contribution in [0.15, 0.2) is 24.3 Å². The van der Waals surface area contributed by atoms with Gasteiger partial charge in [-0.3, -0.25) is 0 Å². The van der Waals surface area contributed by atoms with E-state index in [1.165, 1.54) is 9.47 Å². The van der Waals surface area contributed by atoms with Crippen molar-refractivity contribution < 1.29 is 27.8 Å². The summed E-state index contributed by atoms with van der Waals surface area (Å²) in [5, 5.41) is 9.99. The van der Waals surface area contributed by atoms with Gasteiger partial charge in [0.05, 0.1) is 23.7 Å². The van der Waals surface area contributed by atoms with Gasteiger partial charge in [-0.2, -0.15) is 5.26 Å². The molecule has 7 nitrogen and oxygen atoms in total. The smallest absolute Gasteiger partial charge is 0.419 e. The highest BCUT2D eigenvalue weighted by atomic mass is 19.3. The van der Waals surface area contributed by atoms with Gasteiger partial charge in [-0.05, 0) is 65.7 Å². The Morgan fingerprint density at radius 3 is 2.26 bits per heavy atom. The highest BCUT2D eigenvalue weighted by molar-refractivity contribution is 5.92. The molecule has 1 aliphatic carbocycles. The van der Waals surface area contributed by atoms with Gasteiger partial charge in [0.2, 0.25) is 5.92 Å². The summed E-state index contributed by atoms with van der Waals surface area (Å²) >= 11 is 0. The number of halogens is 2. The van der Waals surface area contributed by atoms with Crippen molar-refractivity contribution in [1.82, 2.24) is 9.47 Å². The molecule has 1 saturated carbocycles. The minimum atomic E-state index is -2.72. The maximum Gasteiger partial charge on any atom is 0.419 e. The molecular weight excluding hydrogens is 444 g/mol. The summed E-state index contributed by atoms with van der Waals surface area (Å²) in [5.41, 5.74) is -0.305. The summed E-state index contributed by atoms with van der Waals surface area (Å²) in [6.45, 7) is 10.4. The summed E-state index contributed by atoms with van der Waals surface area (Å²) in [7, 11) is 0. The predicted molar refractivity (Wildman–Crippen MR) is 123 cm³/mol. The van der Waals surface area contributed by atoms with Crippen molar-refractivity contribution in [3.63, 3.8) is 0 Å². The predicted octanol–water partition coefficient (Wildman–Crippen LogP) is 6.08. The number of rotatable bonds is 4. The topological polar surface area (TPSA) is 84.6 Å². The number of hydrogen-bond donors (Lipinski definition) is 0. The van der Waals surface area contributed by atoms with E-state index in [1.807, 2.05) is 0 Å². The number of nitrogens with zero attached hydrogens (tertiary/aromatic N) is 3. The molecule has 1 aromatic carbocycles. The summed E-state index contributed by atoms with van der Waals surface area (Å²) in [6.07, 6.45) is -1.91. The van der Waals surface area contributed by atoms with Crippen molar-refractivity contribution in [2.45, 2.75) is 78.1 Å². The molecular formula is C25H31F2N3O4. The number of amides is 1. The average Bonchev–Trinajstić information content (AvgIpc) is 3.00. The second-order valence-corrected chi connectivity index (χ2v) is 10.8. The first kappa shape index (κ1) is 25.5. The van der Waals surface area contributed by atoms with Gasteiger partial charge >= 0.3 is 12.2 Å². The first-order chi connectivity index (χ1) is 15.6. The molecule has 0 N–H and O–H groups in total. The van der Waals surface area contributed by atoms with E-state index in [1.54, 1.807) is 65.8 Å². The Kier molecular flexibility index (Phi) is 6.66. The molecule has 1 amide bonds. The quantitative estimate of drug-likeness (QED) is 0.535. The van der Waals surface area contributed by atoms with E-state index in [2.05, 4.69) is 6.07 Å². The molecule has 0 atom stereocenters. The largest absolute Gasteiger partial charge is 0.444 e. The first-order valence-electron chi connectivity index (χ1n) is 11.2. The first-order valence-corrected chi connectivity index (χ1v) is 11.2. The lowest BCUT2D eigenvalue weighted by atomic mass is 9.81. The summed E-state index contributed by atoms with van der Waals surface area (Å²) < 4.78 is 39.3. The van der Waals surface area contributed by atoms with Crippen LogP contribution in [0.25, 0.3) is 10.9 Å². The van der Waals surface area contributed by atoms with E-state index >= 15 is 0 Å². The van der Waals surface area contributed by atoms with Crippen molar-refractivity contribution in [2.75, 3.05) is 6.54 Å². The lowest BCUT2D eigenvalue weighted by Crippen LogP contribution is -2.46. The Morgan fingerprint density at radius 2 is 1.74 bits per heavy atom. The molecule has 1 aliphatic rings. The van der Waals surface area contributed by atoms with Crippen LogP contribution in [-0.4, -0.2) is 45.3 Å². The Morgan fingerprint density at radius 1 is 1.12 bits per heavy atom. The van der Waals surface area contributed by atoms with E-state index in [4.69, 9.17) is 9.47 Å². The van der Waals surface area contributed by atoms with Crippen LogP contribution in [0.1, 0.15) is 65.6 Å².